The molecule has 3 aliphatic rings. The predicted octanol–water partition coefficient (Wildman–Crippen LogP) is 8.19. The standard InChI is InChI=1S/C44H48Cl2N6O7/c1-44(2,3)59-43(56)52(23-27-16-21-38(54)49-27)36-13-7-12-33-30(36)17-19-34(50-33)31-10-5-8-28(39(31)45)29-9-6-11-32(40(29)46)35-18-14-25(41(51-35)57-4)24-58-42(55)47-22-26-15-20-37(53)48-26/h5-6,8-11,14,17-19,26-27,36H,7,12-13,15-16,20-24H2,1-4H3,(H,47,55)(H,48,53)(H,49,54)/t26-,27-,36?/m0/s1. The molecular weight excluding hydrogens is 795 g/mol. The summed E-state index contributed by atoms with van der Waals surface area (Å²) in [4.78, 5) is 61.1. The van der Waals surface area contributed by atoms with Crippen molar-refractivity contribution in [2.24, 2.45) is 0 Å². The molecule has 2 aromatic heterocycles. The number of hydrogen-bond acceptors (Lipinski definition) is 9. The molecule has 0 spiro atoms. The van der Waals surface area contributed by atoms with Gasteiger partial charge in [0.15, 0.2) is 0 Å². The molecule has 1 aliphatic carbocycles. The van der Waals surface area contributed by atoms with Crippen LogP contribution in [-0.2, 0) is 32.1 Å². The van der Waals surface area contributed by atoms with Crippen molar-refractivity contribution in [1.82, 2.24) is 30.8 Å². The number of fused-ring (bicyclic) bond motifs is 1. The first-order valence-electron chi connectivity index (χ1n) is 19.9. The number of benzene rings is 2. The van der Waals surface area contributed by atoms with Gasteiger partial charge in [0, 0.05) is 66.0 Å². The Labute approximate surface area is 353 Å². The van der Waals surface area contributed by atoms with E-state index in [0.717, 1.165) is 36.1 Å². The van der Waals surface area contributed by atoms with Gasteiger partial charge in [0.1, 0.15) is 12.2 Å². The molecule has 0 bridgehead atoms. The second-order valence-corrected chi connectivity index (χ2v) is 16.8. The Bertz CT molecular complexity index is 2260. The summed E-state index contributed by atoms with van der Waals surface area (Å²) in [5.41, 5.74) is 5.76. The van der Waals surface area contributed by atoms with E-state index in [2.05, 4.69) is 16.0 Å². The van der Waals surface area contributed by atoms with E-state index < -0.39 is 17.8 Å². The summed E-state index contributed by atoms with van der Waals surface area (Å²) >= 11 is 14.3. The first-order chi connectivity index (χ1) is 28.3. The topological polar surface area (TPSA) is 161 Å². The number of ether oxygens (including phenoxy) is 3. The fourth-order valence-corrected chi connectivity index (χ4v) is 8.47. The lowest BCUT2D eigenvalue weighted by atomic mass is 9.89. The lowest BCUT2D eigenvalue weighted by Gasteiger charge is -2.37. The van der Waals surface area contributed by atoms with Gasteiger partial charge in [0.05, 0.1) is 40.1 Å². The lowest BCUT2D eigenvalue weighted by molar-refractivity contribution is -0.120. The third kappa shape index (κ3) is 9.74. The van der Waals surface area contributed by atoms with E-state index in [-0.39, 0.29) is 49.0 Å². The summed E-state index contributed by atoms with van der Waals surface area (Å²) < 4.78 is 16.8. The molecule has 0 radical (unpaired) electrons. The molecule has 0 saturated carbocycles. The van der Waals surface area contributed by atoms with Crippen LogP contribution in [0.25, 0.3) is 33.6 Å². The number of hydrogen-bond donors (Lipinski definition) is 3. The van der Waals surface area contributed by atoms with E-state index in [9.17, 15) is 19.2 Å². The summed E-state index contributed by atoms with van der Waals surface area (Å²) in [5.74, 6) is 0.244. The van der Waals surface area contributed by atoms with Crippen molar-refractivity contribution in [1.29, 1.82) is 0 Å². The average molecular weight is 844 g/mol. The Hall–Kier alpha value is -5.40. The van der Waals surface area contributed by atoms with Gasteiger partial charge in [-0.3, -0.25) is 19.5 Å². The lowest BCUT2D eigenvalue weighted by Crippen LogP contribution is -2.46. The molecule has 15 heteroatoms. The summed E-state index contributed by atoms with van der Waals surface area (Å²) in [6, 6.07) is 18.4. The highest BCUT2D eigenvalue weighted by atomic mass is 35.5. The molecule has 3 atom stereocenters. The minimum absolute atomic E-state index is 0.00699. The predicted molar refractivity (Wildman–Crippen MR) is 224 cm³/mol. The monoisotopic (exact) mass is 842 g/mol. The van der Waals surface area contributed by atoms with E-state index in [1.165, 1.54) is 7.11 Å². The number of nitrogens with one attached hydrogen (secondary N) is 3. The summed E-state index contributed by atoms with van der Waals surface area (Å²) in [6.45, 7) is 6.10. The number of methoxy groups -OCH3 is 1. The second-order valence-electron chi connectivity index (χ2n) is 16.0. The number of aromatic nitrogens is 2. The number of carbonyl (C=O) groups excluding carboxylic acids is 4. The van der Waals surface area contributed by atoms with Crippen molar-refractivity contribution >= 4 is 47.2 Å². The first kappa shape index (κ1) is 41.7. The van der Waals surface area contributed by atoms with Crippen molar-refractivity contribution in [3.8, 4) is 39.5 Å². The maximum atomic E-state index is 13.6. The normalized spacial score (nSPS) is 18.7. The third-order valence-electron chi connectivity index (χ3n) is 10.7. The van der Waals surface area contributed by atoms with Crippen LogP contribution in [0.5, 0.6) is 5.88 Å². The number of halogens is 2. The van der Waals surface area contributed by atoms with Gasteiger partial charge in [-0.25, -0.2) is 14.6 Å². The Morgan fingerprint density at radius 2 is 1.42 bits per heavy atom. The molecule has 2 saturated heterocycles. The fraction of sp³-hybridized carbons (Fsp3) is 0.409. The molecule has 2 aromatic carbocycles. The number of alkyl carbamates (subject to hydrolysis) is 1. The third-order valence-corrected chi connectivity index (χ3v) is 11.5. The van der Waals surface area contributed by atoms with Crippen LogP contribution in [-0.4, -0.2) is 76.8 Å². The number of carbonyl (C=O) groups is 4. The Kier molecular flexibility index (Phi) is 12.6. The zero-order valence-corrected chi connectivity index (χ0v) is 35.0. The van der Waals surface area contributed by atoms with Crippen molar-refractivity contribution < 1.29 is 33.4 Å². The highest BCUT2D eigenvalue weighted by molar-refractivity contribution is 6.39. The van der Waals surface area contributed by atoms with Crippen LogP contribution in [0.2, 0.25) is 10.0 Å². The van der Waals surface area contributed by atoms with Gasteiger partial charge in [-0.2, -0.15) is 0 Å². The van der Waals surface area contributed by atoms with Crippen molar-refractivity contribution in [3.05, 3.63) is 87.5 Å². The zero-order valence-electron chi connectivity index (χ0n) is 33.5. The average Bonchev–Trinajstić information content (AvgIpc) is 3.84. The van der Waals surface area contributed by atoms with Gasteiger partial charge in [0.2, 0.25) is 17.7 Å². The molecule has 13 nitrogen and oxygen atoms in total. The van der Waals surface area contributed by atoms with E-state index in [0.29, 0.717) is 75.9 Å². The molecule has 1 unspecified atom stereocenters. The van der Waals surface area contributed by atoms with Gasteiger partial charge in [-0.05, 0) is 76.6 Å². The molecule has 310 valence electrons. The van der Waals surface area contributed by atoms with Crippen LogP contribution in [0.4, 0.5) is 9.59 Å². The van der Waals surface area contributed by atoms with Crippen molar-refractivity contribution in [3.63, 3.8) is 0 Å². The second kappa shape index (κ2) is 17.8. The van der Waals surface area contributed by atoms with Gasteiger partial charge in [0.25, 0.3) is 0 Å². The van der Waals surface area contributed by atoms with Crippen molar-refractivity contribution in [2.45, 2.75) is 96.1 Å². The minimum Gasteiger partial charge on any atom is -0.481 e. The van der Waals surface area contributed by atoms with Crippen LogP contribution in [0.1, 0.15) is 82.2 Å². The highest BCUT2D eigenvalue weighted by Crippen LogP contribution is 2.43. The molecule has 4 heterocycles. The smallest absolute Gasteiger partial charge is 0.410 e. The molecule has 59 heavy (non-hydrogen) atoms. The molecular formula is C44H48Cl2N6O7. The SMILES string of the molecule is COc1nc(-c2cccc(-c3cccc(-c4ccc5c(n4)CCCC5N(C[C@@H]4CCC(=O)N4)C(=O)OC(C)(C)C)c3Cl)c2Cl)ccc1COC(=O)NC[C@@H]1CCC(=O)N1. The van der Waals surface area contributed by atoms with Crippen LogP contribution in [0, 0.1) is 0 Å². The van der Waals surface area contributed by atoms with Crippen LogP contribution in [0.3, 0.4) is 0 Å². The largest absolute Gasteiger partial charge is 0.481 e. The van der Waals surface area contributed by atoms with E-state index in [4.69, 9.17) is 47.4 Å². The van der Waals surface area contributed by atoms with Crippen LogP contribution >= 0.6 is 23.2 Å². The van der Waals surface area contributed by atoms with Gasteiger partial charge >= 0.3 is 12.2 Å². The molecule has 3 N–H and O–H groups in total. The Morgan fingerprint density at radius 1 is 0.814 bits per heavy atom. The van der Waals surface area contributed by atoms with Crippen LogP contribution in [0.15, 0.2) is 60.7 Å². The van der Waals surface area contributed by atoms with Gasteiger partial charge in [-0.15, -0.1) is 0 Å². The maximum absolute atomic E-state index is 13.6. The number of amides is 4. The molecule has 2 aliphatic heterocycles. The first-order valence-corrected chi connectivity index (χ1v) is 20.6. The molecule has 4 amide bonds. The summed E-state index contributed by atoms with van der Waals surface area (Å²) in [5, 5.41) is 9.40. The summed E-state index contributed by atoms with van der Waals surface area (Å²) in [6.07, 6.45) is 3.50. The molecule has 2 fully saturated rings. The van der Waals surface area contributed by atoms with Crippen molar-refractivity contribution in [2.75, 3.05) is 20.2 Å². The fourth-order valence-electron chi connectivity index (χ4n) is 7.82. The maximum Gasteiger partial charge on any atom is 0.410 e. The number of nitrogens with zero attached hydrogens (tertiary/aromatic N) is 3. The van der Waals surface area contributed by atoms with E-state index in [1.807, 2.05) is 69.3 Å². The van der Waals surface area contributed by atoms with Gasteiger partial charge < -0.3 is 30.2 Å². The molecule has 4 aromatic rings. The van der Waals surface area contributed by atoms with E-state index in [1.54, 1.807) is 17.0 Å². The number of rotatable bonds is 11. The zero-order chi connectivity index (χ0) is 41.8. The van der Waals surface area contributed by atoms with Crippen LogP contribution < -0.4 is 20.7 Å². The highest BCUT2D eigenvalue weighted by Gasteiger charge is 2.36. The quantitative estimate of drug-likeness (QED) is 0.135. The Morgan fingerprint density at radius 3 is 2.03 bits per heavy atom. The minimum atomic E-state index is -0.680. The number of pyridine rings is 2. The number of aryl methyl sites for hydroxylation is 1. The van der Waals surface area contributed by atoms with Gasteiger partial charge in [-0.1, -0.05) is 65.7 Å². The molecule has 7 rings (SSSR count). The van der Waals surface area contributed by atoms with E-state index >= 15 is 0 Å². The Balaban J connectivity index is 1.11. The summed E-state index contributed by atoms with van der Waals surface area (Å²) in [7, 11) is 1.49.